The van der Waals surface area contributed by atoms with Crippen LogP contribution in [-0.2, 0) is 0 Å². The molecule has 0 aromatic rings. The fourth-order valence-corrected chi connectivity index (χ4v) is 1.37. The monoisotopic (exact) mass is 183 g/mol. The second kappa shape index (κ2) is 6.45. The molecule has 0 saturated carbocycles. The molecule has 0 aliphatic heterocycles. The number of unbranched alkanes of at least 4 members (excludes halogenated alkanes) is 4. The SMILES string of the molecule is CCCCCCC[C](C)C(C)(C)C. The van der Waals surface area contributed by atoms with Crippen LogP contribution in [0.5, 0.6) is 0 Å². The molecule has 0 aliphatic carbocycles. The lowest BCUT2D eigenvalue weighted by atomic mass is 9.79. The summed E-state index contributed by atoms with van der Waals surface area (Å²) in [5.74, 6) is 1.66. The minimum atomic E-state index is 0.421. The summed E-state index contributed by atoms with van der Waals surface area (Å²) >= 11 is 0. The van der Waals surface area contributed by atoms with Crippen molar-refractivity contribution < 1.29 is 0 Å². The van der Waals surface area contributed by atoms with Gasteiger partial charge >= 0.3 is 0 Å². The molecule has 0 nitrogen and oxygen atoms in total. The zero-order valence-electron chi connectivity index (χ0n) is 10.2. The molecule has 0 heterocycles. The van der Waals surface area contributed by atoms with E-state index in [2.05, 4.69) is 34.6 Å². The van der Waals surface area contributed by atoms with Crippen molar-refractivity contribution in [3.8, 4) is 0 Å². The average Bonchev–Trinajstić information content (AvgIpc) is 2.02. The van der Waals surface area contributed by atoms with E-state index < -0.39 is 0 Å². The highest BCUT2D eigenvalue weighted by molar-refractivity contribution is 4.95. The Morgan fingerprint density at radius 1 is 0.923 bits per heavy atom. The summed E-state index contributed by atoms with van der Waals surface area (Å²) in [5.41, 5.74) is 0.421. The molecule has 0 heteroatoms. The molecule has 0 amide bonds. The summed E-state index contributed by atoms with van der Waals surface area (Å²) in [7, 11) is 0. The maximum atomic E-state index is 2.31. The average molecular weight is 183 g/mol. The first-order valence-corrected chi connectivity index (χ1v) is 5.81. The first-order valence-electron chi connectivity index (χ1n) is 5.81. The van der Waals surface area contributed by atoms with Crippen molar-refractivity contribution in [2.24, 2.45) is 5.41 Å². The molecule has 0 saturated heterocycles. The Bertz CT molecular complexity index is 108. The summed E-state index contributed by atoms with van der Waals surface area (Å²) in [6.07, 6.45) is 8.32. The topological polar surface area (TPSA) is 0 Å². The lowest BCUT2D eigenvalue weighted by Crippen LogP contribution is -2.14. The lowest BCUT2D eigenvalue weighted by Gasteiger charge is -2.26. The van der Waals surface area contributed by atoms with Crippen LogP contribution in [0.25, 0.3) is 0 Å². The van der Waals surface area contributed by atoms with E-state index in [-0.39, 0.29) is 0 Å². The van der Waals surface area contributed by atoms with Crippen LogP contribution in [0.2, 0.25) is 0 Å². The van der Waals surface area contributed by atoms with E-state index in [0.29, 0.717) is 5.41 Å². The zero-order chi connectivity index (χ0) is 10.3. The maximum Gasteiger partial charge on any atom is -0.0218 e. The van der Waals surface area contributed by atoms with Crippen molar-refractivity contribution in [1.29, 1.82) is 0 Å². The zero-order valence-corrected chi connectivity index (χ0v) is 10.2. The van der Waals surface area contributed by atoms with E-state index >= 15 is 0 Å². The van der Waals surface area contributed by atoms with E-state index in [1.165, 1.54) is 38.5 Å². The fourth-order valence-electron chi connectivity index (χ4n) is 1.37. The summed E-state index contributed by atoms with van der Waals surface area (Å²) in [6.45, 7) is 11.5. The van der Waals surface area contributed by atoms with Gasteiger partial charge in [-0.25, -0.2) is 0 Å². The van der Waals surface area contributed by atoms with Gasteiger partial charge in [-0.15, -0.1) is 0 Å². The van der Waals surface area contributed by atoms with E-state index in [9.17, 15) is 0 Å². The van der Waals surface area contributed by atoms with Crippen LogP contribution in [0.3, 0.4) is 0 Å². The van der Waals surface area contributed by atoms with Crippen LogP contribution < -0.4 is 0 Å². The van der Waals surface area contributed by atoms with Crippen molar-refractivity contribution in [1.82, 2.24) is 0 Å². The molecular formula is C13H27. The van der Waals surface area contributed by atoms with Crippen LogP contribution in [0.4, 0.5) is 0 Å². The third-order valence-corrected chi connectivity index (χ3v) is 2.94. The summed E-state index contributed by atoms with van der Waals surface area (Å²) in [4.78, 5) is 0. The van der Waals surface area contributed by atoms with Crippen LogP contribution in [-0.4, -0.2) is 0 Å². The van der Waals surface area contributed by atoms with Gasteiger partial charge in [0.2, 0.25) is 0 Å². The van der Waals surface area contributed by atoms with Crippen LogP contribution >= 0.6 is 0 Å². The maximum absolute atomic E-state index is 2.31. The van der Waals surface area contributed by atoms with E-state index in [1.807, 2.05) is 0 Å². The first kappa shape index (κ1) is 13.0. The Labute approximate surface area is 85.1 Å². The third-order valence-electron chi connectivity index (χ3n) is 2.94. The highest BCUT2D eigenvalue weighted by atomic mass is 14.2. The quantitative estimate of drug-likeness (QED) is 0.509. The van der Waals surface area contributed by atoms with Crippen LogP contribution in [0, 0.1) is 11.3 Å². The molecule has 0 aromatic heterocycles. The molecule has 1 radical (unpaired) electrons. The Hall–Kier alpha value is 0. The highest BCUT2D eigenvalue weighted by Crippen LogP contribution is 2.31. The van der Waals surface area contributed by atoms with Crippen molar-refractivity contribution in [2.45, 2.75) is 73.1 Å². The molecule has 0 atom stereocenters. The molecule has 0 fully saturated rings. The van der Waals surface area contributed by atoms with Gasteiger partial charge in [0.1, 0.15) is 0 Å². The van der Waals surface area contributed by atoms with E-state index in [0.717, 1.165) is 0 Å². The van der Waals surface area contributed by atoms with Crippen LogP contribution in [0.15, 0.2) is 0 Å². The number of rotatable bonds is 6. The van der Waals surface area contributed by atoms with Gasteiger partial charge < -0.3 is 0 Å². The molecule has 0 aromatic carbocycles. The van der Waals surface area contributed by atoms with Gasteiger partial charge in [-0.05, 0) is 17.8 Å². The second-order valence-electron chi connectivity index (χ2n) is 5.19. The largest absolute Gasteiger partial charge is 0.0654 e. The smallest absolute Gasteiger partial charge is 0.0218 e. The minimum Gasteiger partial charge on any atom is -0.0654 e. The fraction of sp³-hybridized carbons (Fsp3) is 0.923. The van der Waals surface area contributed by atoms with Crippen molar-refractivity contribution in [3.63, 3.8) is 0 Å². The Kier molecular flexibility index (Phi) is 6.45. The Morgan fingerprint density at radius 2 is 1.46 bits per heavy atom. The summed E-state index contributed by atoms with van der Waals surface area (Å²) < 4.78 is 0. The number of hydrogen-bond donors (Lipinski definition) is 0. The van der Waals surface area contributed by atoms with E-state index in [1.54, 1.807) is 5.92 Å². The molecule has 0 spiro atoms. The first-order chi connectivity index (χ1) is 5.98. The molecule has 13 heavy (non-hydrogen) atoms. The molecule has 0 aliphatic rings. The van der Waals surface area contributed by atoms with Crippen molar-refractivity contribution >= 4 is 0 Å². The van der Waals surface area contributed by atoms with Crippen molar-refractivity contribution in [2.75, 3.05) is 0 Å². The summed E-state index contributed by atoms with van der Waals surface area (Å²) in [5, 5.41) is 0. The van der Waals surface area contributed by atoms with Gasteiger partial charge in [-0.3, -0.25) is 0 Å². The van der Waals surface area contributed by atoms with Gasteiger partial charge in [-0.1, -0.05) is 66.7 Å². The molecule has 0 unspecified atom stereocenters. The van der Waals surface area contributed by atoms with Gasteiger partial charge in [-0.2, -0.15) is 0 Å². The van der Waals surface area contributed by atoms with Gasteiger partial charge in [0.15, 0.2) is 0 Å². The number of hydrogen-bond acceptors (Lipinski definition) is 0. The van der Waals surface area contributed by atoms with E-state index in [4.69, 9.17) is 0 Å². The molecule has 0 bridgehead atoms. The second-order valence-corrected chi connectivity index (χ2v) is 5.19. The normalized spacial score (nSPS) is 12.5. The molecule has 0 N–H and O–H groups in total. The lowest BCUT2D eigenvalue weighted by molar-refractivity contribution is 0.401. The molecule has 79 valence electrons. The predicted octanol–water partition coefficient (Wildman–Crippen LogP) is 4.99. The van der Waals surface area contributed by atoms with Gasteiger partial charge in [0.05, 0.1) is 0 Å². The Morgan fingerprint density at radius 3 is 1.92 bits per heavy atom. The van der Waals surface area contributed by atoms with Gasteiger partial charge in [0, 0.05) is 0 Å². The molecular weight excluding hydrogens is 156 g/mol. The Balaban J connectivity index is 3.32. The highest BCUT2D eigenvalue weighted by Gasteiger charge is 2.19. The van der Waals surface area contributed by atoms with Gasteiger partial charge in [0.25, 0.3) is 0 Å². The van der Waals surface area contributed by atoms with Crippen LogP contribution in [0.1, 0.15) is 73.1 Å². The minimum absolute atomic E-state index is 0.421. The third kappa shape index (κ3) is 7.10. The molecule has 0 rings (SSSR count). The summed E-state index contributed by atoms with van der Waals surface area (Å²) in [6, 6.07) is 0. The predicted molar refractivity (Wildman–Crippen MR) is 61.7 cm³/mol. The standard InChI is InChI=1S/C13H27/c1-6-7-8-9-10-11-12(2)13(3,4)5/h6-11H2,1-5H3. The van der Waals surface area contributed by atoms with Crippen molar-refractivity contribution in [3.05, 3.63) is 5.92 Å².